The molecule has 2 unspecified atom stereocenters. The molecule has 0 aliphatic rings. The van der Waals surface area contributed by atoms with Crippen LogP contribution in [0.5, 0.6) is 0 Å². The molecule has 2 atom stereocenters. The van der Waals surface area contributed by atoms with Crippen molar-refractivity contribution in [2.45, 2.75) is 40.2 Å². The molecule has 1 N–H and O–H groups in total. The summed E-state index contributed by atoms with van der Waals surface area (Å²) in [4.78, 5) is 4.43. The summed E-state index contributed by atoms with van der Waals surface area (Å²) in [5, 5.41) is 3.49. The van der Waals surface area contributed by atoms with Gasteiger partial charge in [-0.1, -0.05) is 27.7 Å². The zero-order valence-corrected chi connectivity index (χ0v) is 12.8. The van der Waals surface area contributed by atoms with Gasteiger partial charge in [0.25, 0.3) is 0 Å². The van der Waals surface area contributed by atoms with E-state index < -0.39 is 0 Å². The molecule has 3 heteroatoms. The van der Waals surface area contributed by atoms with Crippen LogP contribution in [0.25, 0.3) is 0 Å². The van der Waals surface area contributed by atoms with E-state index in [2.05, 4.69) is 66.1 Å². The van der Waals surface area contributed by atoms with Crippen LogP contribution in [0, 0.1) is 11.8 Å². The summed E-state index contributed by atoms with van der Waals surface area (Å²) in [5.74, 6) is 1.32. The molecule has 0 amide bonds. The van der Waals surface area contributed by atoms with Crippen LogP contribution in [-0.4, -0.2) is 17.6 Å². The van der Waals surface area contributed by atoms with Crippen molar-refractivity contribution in [3.05, 3.63) is 28.5 Å². The van der Waals surface area contributed by atoms with Crippen molar-refractivity contribution < 1.29 is 0 Å². The fourth-order valence-electron chi connectivity index (χ4n) is 1.68. The number of aromatic nitrogens is 1. The Bertz CT molecular complexity index is 321. The van der Waals surface area contributed by atoms with E-state index in [9.17, 15) is 0 Å². The highest BCUT2D eigenvalue weighted by atomic mass is 79.9. The van der Waals surface area contributed by atoms with E-state index >= 15 is 0 Å². The van der Waals surface area contributed by atoms with Crippen molar-refractivity contribution in [1.29, 1.82) is 0 Å². The van der Waals surface area contributed by atoms with Crippen LogP contribution >= 0.6 is 15.9 Å². The minimum atomic E-state index is 0.565. The largest absolute Gasteiger partial charge is 0.314 e. The van der Waals surface area contributed by atoms with Gasteiger partial charge in [0.2, 0.25) is 0 Å². The molecule has 1 rings (SSSR count). The van der Waals surface area contributed by atoms with E-state index in [1.807, 2.05) is 6.20 Å². The van der Waals surface area contributed by atoms with Crippen molar-refractivity contribution in [3.63, 3.8) is 0 Å². The van der Waals surface area contributed by atoms with Crippen LogP contribution < -0.4 is 5.32 Å². The topological polar surface area (TPSA) is 24.9 Å². The summed E-state index contributed by atoms with van der Waals surface area (Å²) in [6.07, 6.45) is 2.92. The molecule has 1 aromatic rings. The van der Waals surface area contributed by atoms with Gasteiger partial charge in [0.1, 0.15) is 0 Å². The highest BCUT2D eigenvalue weighted by molar-refractivity contribution is 9.10. The van der Waals surface area contributed by atoms with Gasteiger partial charge in [0, 0.05) is 22.4 Å². The number of hydrogen-bond acceptors (Lipinski definition) is 2. The van der Waals surface area contributed by atoms with Crippen LogP contribution in [0.1, 0.15) is 33.4 Å². The SMILES string of the molecule is CC(C)NCC(C)C(C)Cc1ccc(Br)cn1. The second-order valence-corrected chi connectivity index (χ2v) is 6.11. The lowest BCUT2D eigenvalue weighted by molar-refractivity contribution is 0.352. The lowest BCUT2D eigenvalue weighted by atomic mass is 9.91. The molecule has 96 valence electrons. The standard InChI is InChI=1S/C14H23BrN2/c1-10(2)16-8-12(4)11(3)7-14-6-5-13(15)9-17-14/h5-6,9-12,16H,7-8H2,1-4H3. The molecule has 0 aliphatic heterocycles. The molecule has 17 heavy (non-hydrogen) atoms. The number of rotatable bonds is 6. The van der Waals surface area contributed by atoms with Crippen LogP contribution in [-0.2, 0) is 6.42 Å². The number of nitrogens with one attached hydrogen (secondary N) is 1. The van der Waals surface area contributed by atoms with Gasteiger partial charge in [-0.05, 0) is 52.9 Å². The molecule has 0 saturated carbocycles. The summed E-state index contributed by atoms with van der Waals surface area (Å²) in [7, 11) is 0. The Morgan fingerprint density at radius 2 is 1.88 bits per heavy atom. The van der Waals surface area contributed by atoms with E-state index in [0.29, 0.717) is 17.9 Å². The van der Waals surface area contributed by atoms with Crippen molar-refractivity contribution in [1.82, 2.24) is 10.3 Å². The summed E-state index contributed by atoms with van der Waals surface area (Å²) >= 11 is 3.41. The molecule has 0 bridgehead atoms. The van der Waals surface area contributed by atoms with E-state index in [1.54, 1.807) is 0 Å². The van der Waals surface area contributed by atoms with Gasteiger partial charge >= 0.3 is 0 Å². The third-order valence-electron chi connectivity index (χ3n) is 3.14. The molecular formula is C14H23BrN2. The molecule has 0 radical (unpaired) electrons. The minimum Gasteiger partial charge on any atom is -0.314 e. The highest BCUT2D eigenvalue weighted by Gasteiger charge is 2.13. The predicted molar refractivity (Wildman–Crippen MR) is 77.1 cm³/mol. The van der Waals surface area contributed by atoms with Crippen molar-refractivity contribution in [2.24, 2.45) is 11.8 Å². The monoisotopic (exact) mass is 298 g/mol. The Kier molecular flexibility index (Phi) is 6.14. The molecule has 2 nitrogen and oxygen atoms in total. The van der Waals surface area contributed by atoms with Crippen LogP contribution in [0.15, 0.2) is 22.8 Å². The van der Waals surface area contributed by atoms with Crippen molar-refractivity contribution >= 4 is 15.9 Å². The molecule has 0 fully saturated rings. The second-order valence-electron chi connectivity index (χ2n) is 5.19. The maximum absolute atomic E-state index is 4.43. The maximum atomic E-state index is 4.43. The van der Waals surface area contributed by atoms with Crippen molar-refractivity contribution in [3.8, 4) is 0 Å². The first-order valence-corrected chi connectivity index (χ1v) is 7.12. The first kappa shape index (κ1) is 14.7. The third-order valence-corrected chi connectivity index (χ3v) is 3.61. The van der Waals surface area contributed by atoms with Gasteiger partial charge in [-0.2, -0.15) is 0 Å². The zero-order chi connectivity index (χ0) is 12.8. The van der Waals surface area contributed by atoms with E-state index in [-0.39, 0.29) is 0 Å². The maximum Gasteiger partial charge on any atom is 0.0413 e. The summed E-state index contributed by atoms with van der Waals surface area (Å²) in [6.45, 7) is 10.1. The average Bonchev–Trinajstić information content (AvgIpc) is 2.28. The molecular weight excluding hydrogens is 276 g/mol. The normalized spacial score (nSPS) is 14.9. The van der Waals surface area contributed by atoms with Gasteiger partial charge < -0.3 is 5.32 Å². The van der Waals surface area contributed by atoms with E-state index in [1.165, 1.54) is 5.69 Å². The van der Waals surface area contributed by atoms with Crippen molar-refractivity contribution in [2.75, 3.05) is 6.54 Å². The Morgan fingerprint density at radius 3 is 2.41 bits per heavy atom. The quantitative estimate of drug-likeness (QED) is 0.867. The fourth-order valence-corrected chi connectivity index (χ4v) is 1.92. The smallest absolute Gasteiger partial charge is 0.0413 e. The molecule has 0 aromatic carbocycles. The summed E-state index contributed by atoms with van der Waals surface area (Å²) in [5.41, 5.74) is 1.18. The lowest BCUT2D eigenvalue weighted by Gasteiger charge is -2.21. The Morgan fingerprint density at radius 1 is 1.18 bits per heavy atom. The van der Waals surface area contributed by atoms with Crippen LogP contribution in [0.3, 0.4) is 0 Å². The van der Waals surface area contributed by atoms with Crippen LogP contribution in [0.2, 0.25) is 0 Å². The number of nitrogens with zero attached hydrogens (tertiary/aromatic N) is 1. The second kappa shape index (κ2) is 7.12. The van der Waals surface area contributed by atoms with Crippen LogP contribution in [0.4, 0.5) is 0 Å². The first-order valence-electron chi connectivity index (χ1n) is 6.33. The Balaban J connectivity index is 2.42. The van der Waals surface area contributed by atoms with Gasteiger partial charge in [-0.25, -0.2) is 0 Å². The Labute approximate surface area is 113 Å². The molecule has 0 aliphatic carbocycles. The predicted octanol–water partition coefficient (Wildman–Crippen LogP) is 3.66. The number of hydrogen-bond donors (Lipinski definition) is 1. The fraction of sp³-hybridized carbons (Fsp3) is 0.643. The molecule has 0 saturated heterocycles. The third kappa shape index (κ3) is 5.64. The number of halogens is 1. The van der Waals surface area contributed by atoms with Gasteiger partial charge in [-0.15, -0.1) is 0 Å². The first-order chi connectivity index (χ1) is 7.99. The number of pyridine rings is 1. The van der Waals surface area contributed by atoms with E-state index in [0.717, 1.165) is 17.4 Å². The van der Waals surface area contributed by atoms with Gasteiger partial charge in [-0.3, -0.25) is 4.98 Å². The molecule has 1 heterocycles. The zero-order valence-electron chi connectivity index (χ0n) is 11.2. The average molecular weight is 299 g/mol. The summed E-state index contributed by atoms with van der Waals surface area (Å²) < 4.78 is 1.04. The van der Waals surface area contributed by atoms with Gasteiger partial charge in [0.05, 0.1) is 0 Å². The van der Waals surface area contributed by atoms with Gasteiger partial charge in [0.15, 0.2) is 0 Å². The minimum absolute atomic E-state index is 0.565. The highest BCUT2D eigenvalue weighted by Crippen LogP contribution is 2.16. The molecule has 0 spiro atoms. The lowest BCUT2D eigenvalue weighted by Crippen LogP contribution is -2.31. The molecule has 1 aromatic heterocycles. The van der Waals surface area contributed by atoms with E-state index in [4.69, 9.17) is 0 Å². The summed E-state index contributed by atoms with van der Waals surface area (Å²) in [6, 6.07) is 4.73. The Hall–Kier alpha value is -0.410.